The number of hydrogen-bond acceptors (Lipinski definition) is 5. The third-order valence-corrected chi connectivity index (χ3v) is 2.98. The highest BCUT2D eigenvalue weighted by atomic mass is 16.5. The second-order valence-electron chi connectivity index (χ2n) is 4.25. The number of hydrogen-bond donors (Lipinski definition) is 0. The van der Waals surface area contributed by atoms with Crippen LogP contribution in [0, 0.1) is 0 Å². The molecule has 0 unspecified atom stereocenters. The topological polar surface area (TPSA) is 51.4 Å². The lowest BCUT2D eigenvalue weighted by molar-refractivity contribution is -0.0361. The fourth-order valence-electron chi connectivity index (χ4n) is 1.93. The molecule has 1 aromatic heterocycles. The summed E-state index contributed by atoms with van der Waals surface area (Å²) in [6.45, 7) is 8.84. The molecule has 90 valence electrons. The van der Waals surface area contributed by atoms with Crippen molar-refractivity contribution in [3.8, 4) is 0 Å². The highest BCUT2D eigenvalue weighted by Gasteiger charge is 2.25. The van der Waals surface area contributed by atoms with E-state index in [1.807, 2.05) is 6.92 Å². The summed E-state index contributed by atoms with van der Waals surface area (Å²) < 4.78 is 10.8. The van der Waals surface area contributed by atoms with E-state index in [-0.39, 0.29) is 12.1 Å². The van der Waals surface area contributed by atoms with Crippen LogP contribution in [0.15, 0.2) is 4.52 Å². The second-order valence-corrected chi connectivity index (χ2v) is 4.25. The van der Waals surface area contributed by atoms with Crippen LogP contribution in [0.25, 0.3) is 0 Å². The predicted molar refractivity (Wildman–Crippen MR) is 59.1 cm³/mol. The van der Waals surface area contributed by atoms with Crippen LogP contribution in [0.1, 0.15) is 38.5 Å². The lowest BCUT2D eigenvalue weighted by Crippen LogP contribution is -2.42. The molecule has 2 rings (SSSR count). The molecule has 0 amide bonds. The Balaban J connectivity index is 2.02. The molecule has 0 bridgehead atoms. The molecule has 0 spiro atoms. The summed E-state index contributed by atoms with van der Waals surface area (Å²) in [5.74, 6) is 1.49. The minimum Gasteiger partial charge on any atom is -0.376 e. The van der Waals surface area contributed by atoms with Gasteiger partial charge in [-0.3, -0.25) is 4.90 Å². The van der Waals surface area contributed by atoms with E-state index < -0.39 is 0 Å². The maximum Gasteiger partial charge on any atom is 0.243 e. The Bertz CT molecular complexity index is 340. The first-order chi connectivity index (χ1) is 7.70. The molecular weight excluding hydrogens is 206 g/mol. The molecule has 1 fully saturated rings. The first-order valence-corrected chi connectivity index (χ1v) is 5.88. The van der Waals surface area contributed by atoms with Crippen LogP contribution in [0.5, 0.6) is 0 Å². The quantitative estimate of drug-likeness (QED) is 0.778. The fraction of sp³-hybridized carbons (Fsp3) is 0.818. The van der Waals surface area contributed by atoms with Gasteiger partial charge in [0, 0.05) is 19.5 Å². The lowest BCUT2D eigenvalue weighted by Gasteiger charge is -2.33. The van der Waals surface area contributed by atoms with Crippen molar-refractivity contribution in [2.45, 2.75) is 39.3 Å². The number of nitrogens with zero attached hydrogens (tertiary/aromatic N) is 3. The van der Waals surface area contributed by atoms with Crippen LogP contribution in [-0.4, -0.2) is 40.8 Å². The van der Waals surface area contributed by atoms with Crippen LogP contribution < -0.4 is 0 Å². The van der Waals surface area contributed by atoms with Gasteiger partial charge in [0.25, 0.3) is 0 Å². The van der Waals surface area contributed by atoms with Gasteiger partial charge >= 0.3 is 0 Å². The third kappa shape index (κ3) is 2.41. The van der Waals surface area contributed by atoms with Crippen molar-refractivity contribution in [1.29, 1.82) is 0 Å². The molecule has 0 radical (unpaired) electrons. The smallest absolute Gasteiger partial charge is 0.243 e. The minimum atomic E-state index is 0.180. The Hall–Kier alpha value is -0.940. The minimum absolute atomic E-state index is 0.180. The summed E-state index contributed by atoms with van der Waals surface area (Å²) >= 11 is 0. The van der Waals surface area contributed by atoms with Gasteiger partial charge in [0.2, 0.25) is 5.89 Å². The number of aromatic nitrogens is 2. The van der Waals surface area contributed by atoms with Gasteiger partial charge in [-0.05, 0) is 13.8 Å². The van der Waals surface area contributed by atoms with Crippen LogP contribution in [0.2, 0.25) is 0 Å². The van der Waals surface area contributed by atoms with Gasteiger partial charge in [0.15, 0.2) is 5.82 Å². The highest BCUT2D eigenvalue weighted by molar-refractivity contribution is 4.92. The van der Waals surface area contributed by atoms with Crippen LogP contribution >= 0.6 is 0 Å². The number of aryl methyl sites for hydroxylation is 1. The van der Waals surface area contributed by atoms with Crippen molar-refractivity contribution in [2.24, 2.45) is 0 Å². The molecule has 16 heavy (non-hydrogen) atoms. The van der Waals surface area contributed by atoms with Crippen molar-refractivity contribution in [3.05, 3.63) is 11.7 Å². The van der Waals surface area contributed by atoms with Crippen molar-refractivity contribution >= 4 is 0 Å². The Morgan fingerprint density at radius 2 is 2.38 bits per heavy atom. The molecule has 1 aliphatic heterocycles. The second kappa shape index (κ2) is 4.93. The van der Waals surface area contributed by atoms with E-state index in [1.165, 1.54) is 0 Å². The van der Waals surface area contributed by atoms with Gasteiger partial charge in [-0.1, -0.05) is 12.1 Å². The van der Waals surface area contributed by atoms with Crippen molar-refractivity contribution in [2.75, 3.05) is 19.7 Å². The van der Waals surface area contributed by atoms with E-state index in [9.17, 15) is 0 Å². The van der Waals surface area contributed by atoms with E-state index in [0.717, 1.165) is 31.9 Å². The molecule has 0 N–H and O–H groups in total. The number of morpholine rings is 1. The van der Waals surface area contributed by atoms with Crippen LogP contribution in [0.3, 0.4) is 0 Å². The molecule has 1 aromatic rings. The third-order valence-electron chi connectivity index (χ3n) is 2.98. The summed E-state index contributed by atoms with van der Waals surface area (Å²) in [4.78, 5) is 6.69. The maximum absolute atomic E-state index is 5.51. The summed E-state index contributed by atoms with van der Waals surface area (Å²) in [5, 5.41) is 3.93. The molecule has 1 saturated heterocycles. The van der Waals surface area contributed by atoms with Crippen LogP contribution in [-0.2, 0) is 11.2 Å². The van der Waals surface area contributed by atoms with Gasteiger partial charge in [0.1, 0.15) is 0 Å². The van der Waals surface area contributed by atoms with Crippen molar-refractivity contribution in [1.82, 2.24) is 15.0 Å². The Morgan fingerprint density at radius 1 is 1.56 bits per heavy atom. The summed E-state index contributed by atoms with van der Waals surface area (Å²) in [6.07, 6.45) is 1.10. The largest absolute Gasteiger partial charge is 0.376 e. The van der Waals surface area contributed by atoms with E-state index >= 15 is 0 Å². The van der Waals surface area contributed by atoms with Gasteiger partial charge in [-0.25, -0.2) is 0 Å². The Morgan fingerprint density at radius 3 is 3.00 bits per heavy atom. The van der Waals surface area contributed by atoms with Gasteiger partial charge in [-0.15, -0.1) is 0 Å². The average Bonchev–Trinajstić information content (AvgIpc) is 2.76. The first-order valence-electron chi connectivity index (χ1n) is 5.88. The summed E-state index contributed by atoms with van der Waals surface area (Å²) in [6, 6.07) is 0.180. The molecule has 2 atom stereocenters. The molecule has 5 nitrogen and oxygen atoms in total. The summed E-state index contributed by atoms with van der Waals surface area (Å²) in [5.41, 5.74) is 0. The fourth-order valence-corrected chi connectivity index (χ4v) is 1.93. The first kappa shape index (κ1) is 11.5. The monoisotopic (exact) mass is 225 g/mol. The lowest BCUT2D eigenvalue weighted by atomic mass is 10.2. The normalized spacial score (nSPS) is 24.6. The van der Waals surface area contributed by atoms with E-state index in [0.29, 0.717) is 5.89 Å². The molecule has 2 heterocycles. The number of ether oxygens (including phenoxy) is 1. The van der Waals surface area contributed by atoms with Gasteiger partial charge < -0.3 is 9.26 Å². The van der Waals surface area contributed by atoms with Crippen molar-refractivity contribution in [3.63, 3.8) is 0 Å². The standard InChI is InChI=1S/C11H19N3O2/c1-4-10-12-11(16-13-10)9(3)14-5-6-15-8(2)7-14/h8-9H,4-7H2,1-3H3/t8-,9+/m1/s1. The number of rotatable bonds is 3. The molecule has 0 aliphatic carbocycles. The molecule has 0 aromatic carbocycles. The summed E-state index contributed by atoms with van der Waals surface area (Å²) in [7, 11) is 0. The van der Waals surface area contributed by atoms with E-state index in [1.54, 1.807) is 0 Å². The molecule has 0 saturated carbocycles. The Labute approximate surface area is 95.8 Å². The van der Waals surface area contributed by atoms with Gasteiger partial charge in [-0.2, -0.15) is 4.98 Å². The zero-order valence-electron chi connectivity index (χ0n) is 10.1. The van der Waals surface area contributed by atoms with Crippen molar-refractivity contribution < 1.29 is 9.26 Å². The van der Waals surface area contributed by atoms with Gasteiger partial charge in [0.05, 0.1) is 18.8 Å². The zero-order chi connectivity index (χ0) is 11.5. The van der Waals surface area contributed by atoms with Crippen LogP contribution in [0.4, 0.5) is 0 Å². The highest BCUT2D eigenvalue weighted by Crippen LogP contribution is 2.21. The molecule has 1 aliphatic rings. The molecular formula is C11H19N3O2. The SMILES string of the molecule is CCc1noc([C@H](C)N2CCO[C@H](C)C2)n1. The van der Waals surface area contributed by atoms with E-state index in [4.69, 9.17) is 9.26 Å². The molecule has 5 heteroatoms. The predicted octanol–water partition coefficient (Wildman–Crippen LogP) is 1.41. The van der Waals surface area contributed by atoms with E-state index in [2.05, 4.69) is 28.9 Å². The zero-order valence-corrected chi connectivity index (χ0v) is 10.1. The Kier molecular flexibility index (Phi) is 3.56. The average molecular weight is 225 g/mol. The maximum atomic E-state index is 5.51.